The molecule has 0 aliphatic rings. The number of hydrogen-bond donors (Lipinski definition) is 2. The number of rotatable bonds is 9. The molecule has 0 heterocycles. The summed E-state index contributed by atoms with van der Waals surface area (Å²) in [4.78, 5) is 11.6. The number of carbonyl (C=O) groups is 1. The molecule has 1 rings (SSSR count). The lowest BCUT2D eigenvalue weighted by Gasteiger charge is -2.09. The van der Waals surface area contributed by atoms with Crippen LogP contribution in [0.2, 0.25) is 0 Å². The first-order valence-electron chi connectivity index (χ1n) is 7.31. The minimum absolute atomic E-state index is 0. The third-order valence-electron chi connectivity index (χ3n) is 3.13. The van der Waals surface area contributed by atoms with E-state index < -0.39 is 0 Å². The largest absolute Gasteiger partial charge is 0.493 e. The molecule has 120 valence electrons. The maximum atomic E-state index is 11.6. The van der Waals surface area contributed by atoms with Gasteiger partial charge in [-0.1, -0.05) is 13.0 Å². The molecule has 0 saturated heterocycles. The summed E-state index contributed by atoms with van der Waals surface area (Å²) in [6.07, 6.45) is 1.50. The average Bonchev–Trinajstić information content (AvgIpc) is 2.42. The van der Waals surface area contributed by atoms with Crippen molar-refractivity contribution in [1.29, 1.82) is 0 Å². The molecule has 21 heavy (non-hydrogen) atoms. The molecular weight excluding hydrogens is 288 g/mol. The quantitative estimate of drug-likeness (QED) is 0.689. The van der Waals surface area contributed by atoms with Crippen LogP contribution in [0.15, 0.2) is 18.2 Å². The zero-order chi connectivity index (χ0) is 14.8. The molecular formula is C16H27ClN2O2. The van der Waals surface area contributed by atoms with Gasteiger partial charge in [-0.2, -0.15) is 0 Å². The Morgan fingerprint density at radius 2 is 1.90 bits per heavy atom. The lowest BCUT2D eigenvalue weighted by molar-refractivity contribution is -0.121. The predicted molar refractivity (Wildman–Crippen MR) is 89.4 cm³/mol. The van der Waals surface area contributed by atoms with Crippen molar-refractivity contribution in [2.24, 2.45) is 0 Å². The van der Waals surface area contributed by atoms with Crippen molar-refractivity contribution in [1.82, 2.24) is 10.6 Å². The highest BCUT2D eigenvalue weighted by atomic mass is 35.5. The second kappa shape index (κ2) is 11.4. The third-order valence-corrected chi connectivity index (χ3v) is 3.13. The number of aryl methyl sites for hydroxylation is 2. The summed E-state index contributed by atoms with van der Waals surface area (Å²) >= 11 is 0. The van der Waals surface area contributed by atoms with Crippen LogP contribution in [0.3, 0.4) is 0 Å². The molecule has 0 spiro atoms. The molecule has 0 saturated carbocycles. The van der Waals surface area contributed by atoms with Crippen LogP contribution in [0.1, 0.15) is 30.9 Å². The van der Waals surface area contributed by atoms with E-state index >= 15 is 0 Å². The average molecular weight is 315 g/mol. The Bertz CT molecular complexity index is 425. The van der Waals surface area contributed by atoms with E-state index in [1.165, 1.54) is 11.1 Å². The summed E-state index contributed by atoms with van der Waals surface area (Å²) in [5.41, 5.74) is 2.45. The van der Waals surface area contributed by atoms with E-state index in [4.69, 9.17) is 4.74 Å². The van der Waals surface area contributed by atoms with Gasteiger partial charge in [0, 0.05) is 13.1 Å². The fourth-order valence-electron chi connectivity index (χ4n) is 1.75. The predicted octanol–water partition coefficient (Wildman–Crippen LogP) is 2.61. The van der Waals surface area contributed by atoms with Crippen LogP contribution >= 0.6 is 12.4 Å². The van der Waals surface area contributed by atoms with Crippen molar-refractivity contribution in [3.05, 3.63) is 29.3 Å². The molecule has 0 unspecified atom stereocenters. The summed E-state index contributed by atoms with van der Waals surface area (Å²) in [6.45, 7) is 9.13. The van der Waals surface area contributed by atoms with Gasteiger partial charge in [0.05, 0.1) is 13.0 Å². The van der Waals surface area contributed by atoms with Crippen molar-refractivity contribution in [3.63, 3.8) is 0 Å². The number of hydrogen-bond acceptors (Lipinski definition) is 3. The molecule has 4 nitrogen and oxygen atoms in total. The Hall–Kier alpha value is -1.26. The monoisotopic (exact) mass is 314 g/mol. The number of halogens is 1. The Labute approximate surface area is 134 Å². The summed E-state index contributed by atoms with van der Waals surface area (Å²) in [6, 6.07) is 5.97. The fourth-order valence-corrected chi connectivity index (χ4v) is 1.75. The van der Waals surface area contributed by atoms with Crippen LogP contribution in [-0.4, -0.2) is 32.1 Å². The van der Waals surface area contributed by atoms with Crippen molar-refractivity contribution in [3.8, 4) is 5.75 Å². The number of nitrogens with one attached hydrogen (secondary N) is 2. The smallest absolute Gasteiger partial charge is 0.223 e. The van der Waals surface area contributed by atoms with Crippen molar-refractivity contribution in [2.45, 2.75) is 33.6 Å². The molecule has 0 aliphatic heterocycles. The van der Waals surface area contributed by atoms with E-state index in [1.54, 1.807) is 0 Å². The number of carbonyl (C=O) groups excluding carboxylic acids is 1. The fraction of sp³-hybridized carbons (Fsp3) is 0.562. The molecule has 0 aromatic heterocycles. The highest BCUT2D eigenvalue weighted by molar-refractivity contribution is 5.85. The van der Waals surface area contributed by atoms with Gasteiger partial charge in [0.1, 0.15) is 5.75 Å². The molecule has 5 heteroatoms. The lowest BCUT2D eigenvalue weighted by atomic mass is 10.1. The molecule has 2 N–H and O–H groups in total. The van der Waals surface area contributed by atoms with Gasteiger partial charge in [0.25, 0.3) is 0 Å². The molecule has 1 aromatic carbocycles. The second-order valence-electron chi connectivity index (χ2n) is 4.94. The first-order valence-corrected chi connectivity index (χ1v) is 7.31. The van der Waals surface area contributed by atoms with E-state index in [1.807, 2.05) is 18.2 Å². The van der Waals surface area contributed by atoms with Gasteiger partial charge in [-0.25, -0.2) is 0 Å². The van der Waals surface area contributed by atoms with Crippen LogP contribution in [0.5, 0.6) is 5.75 Å². The summed E-state index contributed by atoms with van der Waals surface area (Å²) in [7, 11) is 0. The van der Waals surface area contributed by atoms with E-state index in [0.29, 0.717) is 19.6 Å². The Kier molecular flexibility index (Phi) is 10.7. The summed E-state index contributed by atoms with van der Waals surface area (Å²) < 4.78 is 5.58. The van der Waals surface area contributed by atoms with Gasteiger partial charge in [-0.05, 0) is 50.1 Å². The Balaban J connectivity index is 0.00000400. The lowest BCUT2D eigenvalue weighted by Crippen LogP contribution is -2.32. The number of amides is 1. The van der Waals surface area contributed by atoms with Crippen LogP contribution in [0, 0.1) is 13.8 Å². The molecule has 0 fully saturated rings. The zero-order valence-corrected chi connectivity index (χ0v) is 14.0. The van der Waals surface area contributed by atoms with Gasteiger partial charge in [0.2, 0.25) is 5.91 Å². The van der Waals surface area contributed by atoms with Gasteiger partial charge in [-0.3, -0.25) is 4.79 Å². The van der Waals surface area contributed by atoms with Gasteiger partial charge >= 0.3 is 0 Å². The zero-order valence-electron chi connectivity index (χ0n) is 13.2. The van der Waals surface area contributed by atoms with E-state index in [-0.39, 0.29) is 18.3 Å². The maximum absolute atomic E-state index is 11.6. The molecule has 0 aliphatic carbocycles. The topological polar surface area (TPSA) is 50.4 Å². The summed E-state index contributed by atoms with van der Waals surface area (Å²) in [5.74, 6) is 0.859. The van der Waals surface area contributed by atoms with Crippen LogP contribution < -0.4 is 15.4 Å². The SMILES string of the molecule is CCCNCCNC(=O)CCOc1ccc(C)c(C)c1.Cl. The normalized spacial score (nSPS) is 9.86. The van der Waals surface area contributed by atoms with E-state index in [2.05, 4.69) is 31.4 Å². The Morgan fingerprint density at radius 1 is 1.14 bits per heavy atom. The van der Waals surface area contributed by atoms with E-state index in [9.17, 15) is 4.79 Å². The molecule has 0 radical (unpaired) electrons. The highest BCUT2D eigenvalue weighted by Crippen LogP contribution is 2.16. The first-order chi connectivity index (χ1) is 9.63. The molecule has 0 bridgehead atoms. The summed E-state index contributed by atoms with van der Waals surface area (Å²) in [5, 5.41) is 6.10. The molecule has 1 amide bonds. The minimum atomic E-state index is 0. The highest BCUT2D eigenvalue weighted by Gasteiger charge is 2.02. The van der Waals surface area contributed by atoms with Gasteiger partial charge in [-0.15, -0.1) is 12.4 Å². The van der Waals surface area contributed by atoms with Crippen LogP contribution in [-0.2, 0) is 4.79 Å². The van der Waals surface area contributed by atoms with Crippen LogP contribution in [0.25, 0.3) is 0 Å². The molecule has 1 aromatic rings. The third kappa shape index (κ3) is 8.58. The first kappa shape index (κ1) is 19.7. The molecule has 0 atom stereocenters. The van der Waals surface area contributed by atoms with Crippen molar-refractivity contribution >= 4 is 18.3 Å². The standard InChI is InChI=1S/C16H26N2O2.ClH/c1-4-8-17-9-10-18-16(19)7-11-20-15-6-5-13(2)14(3)12-15;/h5-6,12,17H,4,7-11H2,1-3H3,(H,18,19);1H. The van der Waals surface area contributed by atoms with Crippen LogP contribution in [0.4, 0.5) is 0 Å². The second-order valence-corrected chi connectivity index (χ2v) is 4.94. The Morgan fingerprint density at radius 3 is 2.57 bits per heavy atom. The van der Waals surface area contributed by atoms with Gasteiger partial charge in [0.15, 0.2) is 0 Å². The van der Waals surface area contributed by atoms with E-state index in [0.717, 1.165) is 25.3 Å². The van der Waals surface area contributed by atoms with Crippen molar-refractivity contribution in [2.75, 3.05) is 26.2 Å². The van der Waals surface area contributed by atoms with Crippen molar-refractivity contribution < 1.29 is 9.53 Å². The van der Waals surface area contributed by atoms with Gasteiger partial charge < -0.3 is 15.4 Å². The minimum Gasteiger partial charge on any atom is -0.493 e. The maximum Gasteiger partial charge on any atom is 0.223 e. The number of benzene rings is 1. The number of ether oxygens (including phenoxy) is 1.